The normalized spacial score (nSPS) is 12.3. The molecule has 3 rings (SSSR count). The quantitative estimate of drug-likeness (QED) is 0.559. The molecule has 0 fully saturated rings. The Bertz CT molecular complexity index is 1050. The van der Waals surface area contributed by atoms with Gasteiger partial charge in [0.1, 0.15) is 18.5 Å². The van der Waals surface area contributed by atoms with Gasteiger partial charge in [0, 0.05) is 13.6 Å². The van der Waals surface area contributed by atoms with Crippen LogP contribution < -0.4 is 21.3 Å². The Labute approximate surface area is 155 Å². The van der Waals surface area contributed by atoms with E-state index in [0.29, 0.717) is 18.2 Å². The molecule has 0 aliphatic heterocycles. The first-order valence-electron chi connectivity index (χ1n) is 8.71. The zero-order valence-electron chi connectivity index (χ0n) is 15.5. The van der Waals surface area contributed by atoms with E-state index in [1.807, 2.05) is 38.1 Å². The number of nitrogens with zero attached hydrogens (tertiary/aromatic N) is 3. The van der Waals surface area contributed by atoms with Crippen molar-refractivity contribution in [1.82, 2.24) is 19.1 Å². The lowest BCUT2D eigenvalue weighted by Crippen LogP contribution is -2.31. The molecule has 0 aliphatic rings. The van der Waals surface area contributed by atoms with E-state index in [2.05, 4.69) is 15.3 Å². The number of benzene rings is 1. The van der Waals surface area contributed by atoms with Gasteiger partial charge in [-0.25, -0.2) is 4.79 Å². The Morgan fingerprint density at radius 3 is 2.67 bits per heavy atom. The molecule has 0 radical (unpaired) electrons. The topological polar surface area (TPSA) is 114 Å². The summed E-state index contributed by atoms with van der Waals surface area (Å²) in [5, 5.41) is 13.5. The molecular weight excluding hydrogens is 350 g/mol. The van der Waals surface area contributed by atoms with Crippen molar-refractivity contribution >= 4 is 17.1 Å². The minimum absolute atomic E-state index is 0.0535. The van der Waals surface area contributed by atoms with Crippen molar-refractivity contribution in [3.63, 3.8) is 0 Å². The summed E-state index contributed by atoms with van der Waals surface area (Å²) in [5.41, 5.74) is 0.515. The number of hydrogen-bond acceptors (Lipinski definition) is 6. The molecule has 0 amide bonds. The molecule has 27 heavy (non-hydrogen) atoms. The largest absolute Gasteiger partial charge is 0.491 e. The van der Waals surface area contributed by atoms with E-state index in [9.17, 15) is 14.7 Å². The van der Waals surface area contributed by atoms with Crippen molar-refractivity contribution in [3.8, 4) is 5.75 Å². The highest BCUT2D eigenvalue weighted by atomic mass is 16.5. The molecule has 1 atom stereocenters. The van der Waals surface area contributed by atoms with Gasteiger partial charge in [-0.05, 0) is 26.0 Å². The molecule has 3 aromatic rings. The van der Waals surface area contributed by atoms with Crippen molar-refractivity contribution in [1.29, 1.82) is 0 Å². The maximum Gasteiger partial charge on any atom is 0.329 e. The predicted molar refractivity (Wildman–Crippen MR) is 102 cm³/mol. The molecule has 9 nitrogen and oxygen atoms in total. The summed E-state index contributed by atoms with van der Waals surface area (Å²) in [6, 6.07) is 7.52. The number of ether oxygens (including phenoxy) is 1. The number of anilines is 1. The molecule has 0 saturated heterocycles. The SMILES string of the molecule is CCNc1nc2c(c(=O)[nH]c(=O)n2C)n1CC(O)COc1ccc(C)cc1. The summed E-state index contributed by atoms with van der Waals surface area (Å²) in [7, 11) is 1.53. The summed E-state index contributed by atoms with van der Waals surface area (Å²) >= 11 is 0. The Morgan fingerprint density at radius 1 is 1.30 bits per heavy atom. The molecule has 0 aliphatic carbocycles. The van der Waals surface area contributed by atoms with Gasteiger partial charge in [0.05, 0.1) is 6.54 Å². The standard InChI is InChI=1S/C18H23N5O4/c1-4-19-17-20-15-14(16(25)21-18(26)22(15)3)23(17)9-12(24)10-27-13-7-5-11(2)6-8-13/h5-8,12,24H,4,9-10H2,1-3H3,(H,19,20)(H,21,25,26). The van der Waals surface area contributed by atoms with E-state index in [1.165, 1.54) is 11.6 Å². The zero-order valence-corrected chi connectivity index (χ0v) is 15.5. The van der Waals surface area contributed by atoms with Crippen LogP contribution in [0.25, 0.3) is 11.2 Å². The van der Waals surface area contributed by atoms with Gasteiger partial charge in [0.25, 0.3) is 5.56 Å². The fourth-order valence-corrected chi connectivity index (χ4v) is 2.80. The van der Waals surface area contributed by atoms with Gasteiger partial charge in [-0.3, -0.25) is 14.3 Å². The van der Waals surface area contributed by atoms with E-state index >= 15 is 0 Å². The Morgan fingerprint density at radius 2 is 2.00 bits per heavy atom. The Balaban J connectivity index is 1.87. The van der Waals surface area contributed by atoms with E-state index in [0.717, 1.165) is 5.56 Å². The minimum Gasteiger partial charge on any atom is -0.491 e. The van der Waals surface area contributed by atoms with Gasteiger partial charge in [-0.15, -0.1) is 0 Å². The summed E-state index contributed by atoms with van der Waals surface area (Å²) in [4.78, 5) is 30.7. The zero-order chi connectivity index (χ0) is 19.6. The molecule has 144 valence electrons. The average Bonchev–Trinajstić information content (AvgIpc) is 2.98. The van der Waals surface area contributed by atoms with Crippen LogP contribution in [0, 0.1) is 6.92 Å². The number of hydrogen-bond donors (Lipinski definition) is 3. The van der Waals surface area contributed by atoms with Crippen LogP contribution in [0.5, 0.6) is 5.75 Å². The number of imidazole rings is 1. The molecule has 0 saturated carbocycles. The molecular formula is C18H23N5O4. The molecule has 1 aromatic carbocycles. The average molecular weight is 373 g/mol. The lowest BCUT2D eigenvalue weighted by atomic mass is 10.2. The highest BCUT2D eigenvalue weighted by Gasteiger charge is 2.19. The fraction of sp³-hybridized carbons (Fsp3) is 0.389. The second kappa shape index (κ2) is 7.67. The van der Waals surface area contributed by atoms with Gasteiger partial charge >= 0.3 is 5.69 Å². The third-order valence-electron chi connectivity index (χ3n) is 4.20. The van der Waals surface area contributed by atoms with Crippen LogP contribution >= 0.6 is 0 Å². The summed E-state index contributed by atoms with van der Waals surface area (Å²) in [6.45, 7) is 4.59. The first kappa shape index (κ1) is 18.7. The predicted octanol–water partition coefficient (Wildman–Crippen LogP) is 0.603. The van der Waals surface area contributed by atoms with Crippen LogP contribution in [-0.2, 0) is 13.6 Å². The van der Waals surface area contributed by atoms with Crippen molar-refractivity contribution in [2.75, 3.05) is 18.5 Å². The Kier molecular flexibility index (Phi) is 5.31. The highest BCUT2D eigenvalue weighted by Crippen LogP contribution is 2.17. The number of aliphatic hydroxyl groups excluding tert-OH is 1. The first-order valence-corrected chi connectivity index (χ1v) is 8.71. The molecule has 2 heterocycles. The molecule has 0 bridgehead atoms. The second-order valence-corrected chi connectivity index (χ2v) is 6.34. The smallest absolute Gasteiger partial charge is 0.329 e. The molecule has 9 heteroatoms. The number of H-pyrrole nitrogens is 1. The van der Waals surface area contributed by atoms with Gasteiger partial charge in [0.2, 0.25) is 5.95 Å². The van der Waals surface area contributed by atoms with E-state index in [1.54, 1.807) is 4.57 Å². The second-order valence-electron chi connectivity index (χ2n) is 6.34. The van der Waals surface area contributed by atoms with Crippen LogP contribution in [0.3, 0.4) is 0 Å². The third kappa shape index (κ3) is 3.87. The van der Waals surface area contributed by atoms with Crippen LogP contribution in [0.15, 0.2) is 33.9 Å². The number of aromatic nitrogens is 4. The Hall–Kier alpha value is -3.07. The fourth-order valence-electron chi connectivity index (χ4n) is 2.80. The lowest BCUT2D eigenvalue weighted by Gasteiger charge is -2.15. The molecule has 3 N–H and O–H groups in total. The maximum absolute atomic E-state index is 12.3. The number of nitrogens with one attached hydrogen (secondary N) is 2. The summed E-state index contributed by atoms with van der Waals surface area (Å²) < 4.78 is 8.45. The van der Waals surface area contributed by atoms with E-state index in [4.69, 9.17) is 4.74 Å². The van der Waals surface area contributed by atoms with Crippen LogP contribution in [0.1, 0.15) is 12.5 Å². The van der Waals surface area contributed by atoms with Gasteiger partial charge in [-0.2, -0.15) is 4.98 Å². The molecule has 0 spiro atoms. The number of aromatic amines is 1. The van der Waals surface area contributed by atoms with Crippen LogP contribution in [0.4, 0.5) is 5.95 Å². The van der Waals surface area contributed by atoms with E-state index in [-0.39, 0.29) is 24.3 Å². The maximum atomic E-state index is 12.3. The van der Waals surface area contributed by atoms with Crippen molar-refractivity contribution in [3.05, 3.63) is 50.7 Å². The van der Waals surface area contributed by atoms with Crippen molar-refractivity contribution in [2.45, 2.75) is 26.5 Å². The van der Waals surface area contributed by atoms with Crippen LogP contribution in [-0.4, -0.2) is 43.5 Å². The van der Waals surface area contributed by atoms with Crippen LogP contribution in [0.2, 0.25) is 0 Å². The number of aliphatic hydroxyl groups is 1. The van der Waals surface area contributed by atoms with Crippen molar-refractivity contribution < 1.29 is 9.84 Å². The van der Waals surface area contributed by atoms with Gasteiger partial charge in [0.15, 0.2) is 11.2 Å². The lowest BCUT2D eigenvalue weighted by molar-refractivity contribution is 0.0938. The molecule has 2 aromatic heterocycles. The minimum atomic E-state index is -0.877. The number of rotatable bonds is 7. The third-order valence-corrected chi connectivity index (χ3v) is 4.20. The number of fused-ring (bicyclic) bond motifs is 1. The monoisotopic (exact) mass is 373 g/mol. The molecule has 1 unspecified atom stereocenters. The van der Waals surface area contributed by atoms with Crippen molar-refractivity contribution in [2.24, 2.45) is 7.05 Å². The van der Waals surface area contributed by atoms with Gasteiger partial charge in [-0.1, -0.05) is 17.7 Å². The van der Waals surface area contributed by atoms with E-state index < -0.39 is 17.4 Å². The summed E-state index contributed by atoms with van der Waals surface area (Å²) in [5.74, 6) is 1.07. The highest BCUT2D eigenvalue weighted by molar-refractivity contribution is 5.74. The van der Waals surface area contributed by atoms with Gasteiger partial charge < -0.3 is 19.7 Å². The number of aryl methyl sites for hydroxylation is 2. The first-order chi connectivity index (χ1) is 12.9. The summed E-state index contributed by atoms with van der Waals surface area (Å²) in [6.07, 6.45) is -0.877.